The third-order valence-electron chi connectivity index (χ3n) is 12.8. The van der Waals surface area contributed by atoms with Crippen LogP contribution in [0.4, 0.5) is 0 Å². The van der Waals surface area contributed by atoms with Crippen LogP contribution in [0, 0.1) is 5.92 Å². The number of hydrogen-bond donors (Lipinski definition) is 0. The number of amidine groups is 1. The molecule has 2 heterocycles. The fourth-order valence-corrected chi connectivity index (χ4v) is 11.4. The average Bonchev–Trinajstić information content (AvgIpc) is 3.76. The van der Waals surface area contributed by atoms with Gasteiger partial charge in [0.25, 0.3) is 0 Å². The molecule has 264 valence electrons. The maximum absolute atomic E-state index is 5.61. The Hall–Kier alpha value is -5.90. The highest BCUT2D eigenvalue weighted by Gasteiger charge is 2.53. The van der Waals surface area contributed by atoms with E-state index in [0.29, 0.717) is 0 Å². The lowest BCUT2D eigenvalue weighted by atomic mass is 9.55. The minimum atomic E-state index is -0.448. The van der Waals surface area contributed by atoms with E-state index >= 15 is 0 Å². The Morgan fingerprint density at radius 2 is 1.15 bits per heavy atom. The molecule has 11 rings (SSSR count). The van der Waals surface area contributed by atoms with Gasteiger partial charge < -0.3 is 0 Å². The minimum absolute atomic E-state index is 0.0975. The Kier molecular flexibility index (Phi) is 7.13. The summed E-state index contributed by atoms with van der Waals surface area (Å²) in [4.78, 5) is 11.1. The summed E-state index contributed by atoms with van der Waals surface area (Å²) < 4.78 is 2.62. The van der Waals surface area contributed by atoms with Crippen molar-refractivity contribution in [1.29, 1.82) is 0 Å². The fourth-order valence-electron chi connectivity index (χ4n) is 10.3. The largest absolute Gasteiger partial charge is 0.257 e. The van der Waals surface area contributed by atoms with Crippen LogP contribution in [0.5, 0.6) is 0 Å². The van der Waals surface area contributed by atoms with Gasteiger partial charge in [0.1, 0.15) is 0 Å². The second kappa shape index (κ2) is 12.1. The van der Waals surface area contributed by atoms with Crippen LogP contribution in [0.2, 0.25) is 0 Å². The lowest BCUT2D eigenvalue weighted by molar-refractivity contribution is 0.526. The molecular weight excluding hydrogens is 685 g/mol. The van der Waals surface area contributed by atoms with E-state index in [9.17, 15) is 0 Å². The summed E-state index contributed by atoms with van der Waals surface area (Å²) in [6.07, 6.45) is 0.918. The van der Waals surface area contributed by atoms with Gasteiger partial charge in [0, 0.05) is 37.1 Å². The summed E-state index contributed by atoms with van der Waals surface area (Å²) >= 11 is 1.87. The predicted molar refractivity (Wildman–Crippen MR) is 231 cm³/mol. The number of rotatable bonds is 4. The molecule has 0 saturated heterocycles. The van der Waals surface area contributed by atoms with Gasteiger partial charge in [-0.25, -0.2) is 4.99 Å². The molecule has 0 radical (unpaired) electrons. The topological polar surface area (TPSA) is 24.7 Å². The lowest BCUT2D eigenvalue weighted by Gasteiger charge is -2.47. The summed E-state index contributed by atoms with van der Waals surface area (Å²) in [7, 11) is 0. The Balaban J connectivity index is 1.15. The molecule has 3 aliphatic rings. The highest BCUT2D eigenvalue weighted by atomic mass is 32.1. The van der Waals surface area contributed by atoms with E-state index in [1.54, 1.807) is 0 Å². The van der Waals surface area contributed by atoms with E-state index in [4.69, 9.17) is 9.98 Å². The van der Waals surface area contributed by atoms with Gasteiger partial charge in [-0.2, -0.15) is 0 Å². The third-order valence-corrected chi connectivity index (χ3v) is 13.9. The molecule has 1 unspecified atom stereocenters. The molecule has 0 saturated carbocycles. The van der Waals surface area contributed by atoms with Crippen molar-refractivity contribution in [3.8, 4) is 11.1 Å². The Bertz CT molecular complexity index is 2860. The first-order chi connectivity index (χ1) is 27.0. The van der Waals surface area contributed by atoms with E-state index in [0.717, 1.165) is 23.5 Å². The second-order valence-electron chi connectivity index (χ2n) is 15.9. The molecule has 2 atom stereocenters. The predicted octanol–water partition coefficient (Wildman–Crippen LogP) is 13.1. The molecule has 2 nitrogen and oxygen atoms in total. The van der Waals surface area contributed by atoms with Crippen molar-refractivity contribution in [2.24, 2.45) is 15.9 Å². The van der Waals surface area contributed by atoms with E-state index in [-0.39, 0.29) is 17.4 Å². The van der Waals surface area contributed by atoms with Crippen LogP contribution in [0.15, 0.2) is 174 Å². The molecular formula is C52H40N2S. The van der Waals surface area contributed by atoms with Crippen molar-refractivity contribution in [2.45, 2.75) is 44.1 Å². The normalized spacial score (nSPS) is 18.7. The highest BCUT2D eigenvalue weighted by Crippen LogP contribution is 2.62. The molecule has 1 aliphatic heterocycles. The maximum atomic E-state index is 5.61. The van der Waals surface area contributed by atoms with Gasteiger partial charge in [0.2, 0.25) is 0 Å². The molecule has 0 bridgehead atoms. The van der Waals surface area contributed by atoms with Gasteiger partial charge >= 0.3 is 0 Å². The molecule has 55 heavy (non-hydrogen) atoms. The van der Waals surface area contributed by atoms with Crippen molar-refractivity contribution in [3.63, 3.8) is 0 Å². The number of benzene rings is 7. The van der Waals surface area contributed by atoms with Gasteiger partial charge in [-0.1, -0.05) is 172 Å². The third kappa shape index (κ3) is 4.54. The number of hydrogen-bond acceptors (Lipinski definition) is 3. The van der Waals surface area contributed by atoms with Crippen molar-refractivity contribution in [3.05, 3.63) is 214 Å². The van der Waals surface area contributed by atoms with E-state index in [1.165, 1.54) is 75.8 Å². The lowest BCUT2D eigenvalue weighted by Crippen LogP contribution is -2.41. The molecule has 7 aromatic carbocycles. The standard InChI is InChI=1S/C52H40N2S/c1-4-35-48(53-50(32-16-6-5-7-17-32)54-49(35)34-26-28-39-38-20-10-15-25-46(38)55-47(39)31-34)33-27-29-43-45(30-33)52(44-24-14-13-23-42(44)51(43,2)3)40-21-11-8-18-36(40)37-19-9-12-22-41(37)52/h5-31,35,48H,4H2,1-3H3/t35-,48?/m0/s1. The molecule has 0 amide bonds. The van der Waals surface area contributed by atoms with E-state index in [2.05, 4.69) is 185 Å². The van der Waals surface area contributed by atoms with Crippen LogP contribution >= 0.6 is 11.3 Å². The maximum Gasteiger partial charge on any atom is 0.155 e. The molecule has 3 heteroatoms. The highest BCUT2D eigenvalue weighted by molar-refractivity contribution is 7.25. The van der Waals surface area contributed by atoms with Crippen molar-refractivity contribution in [1.82, 2.24) is 0 Å². The number of aliphatic imine (C=N–C) groups is 2. The van der Waals surface area contributed by atoms with Crippen LogP contribution in [-0.2, 0) is 10.8 Å². The molecule has 8 aromatic rings. The SMILES string of the molecule is CC[C@@H]1C(c2ccc3c(c2)sc2ccccc23)=NC(c2ccccc2)=NC1c1ccc2c(c1)C1(c3ccccc3-c3ccccc31)c1ccccc1C2(C)C. The quantitative estimate of drug-likeness (QED) is 0.173. The van der Waals surface area contributed by atoms with Gasteiger partial charge in [0.05, 0.1) is 17.2 Å². The molecule has 1 aromatic heterocycles. The van der Waals surface area contributed by atoms with Crippen LogP contribution in [0.25, 0.3) is 31.3 Å². The Labute approximate surface area is 326 Å². The van der Waals surface area contributed by atoms with Crippen molar-refractivity contribution >= 4 is 43.1 Å². The summed E-state index contributed by atoms with van der Waals surface area (Å²) in [5.74, 6) is 0.900. The Morgan fingerprint density at radius 3 is 1.89 bits per heavy atom. The van der Waals surface area contributed by atoms with Gasteiger partial charge in [-0.3, -0.25) is 4.99 Å². The first kappa shape index (κ1) is 32.5. The molecule has 0 N–H and O–H groups in total. The summed E-state index contributed by atoms with van der Waals surface area (Å²) in [5.41, 5.74) is 14.8. The van der Waals surface area contributed by atoms with Crippen LogP contribution in [0.3, 0.4) is 0 Å². The monoisotopic (exact) mass is 724 g/mol. The molecule has 1 spiro atoms. The van der Waals surface area contributed by atoms with Crippen LogP contribution < -0.4 is 0 Å². The molecule has 0 fully saturated rings. The fraction of sp³-hybridized carbons (Fsp3) is 0.154. The summed E-state index contributed by atoms with van der Waals surface area (Å²) in [6.45, 7) is 7.11. The number of fused-ring (bicyclic) bond motifs is 12. The first-order valence-corrected chi connectivity index (χ1v) is 20.4. The van der Waals surface area contributed by atoms with Gasteiger partial charge in [0.15, 0.2) is 5.84 Å². The van der Waals surface area contributed by atoms with E-state index in [1.807, 2.05) is 11.3 Å². The Morgan fingerprint density at radius 1 is 0.527 bits per heavy atom. The van der Waals surface area contributed by atoms with Gasteiger partial charge in [-0.15, -0.1) is 11.3 Å². The zero-order chi connectivity index (χ0) is 36.9. The number of thiophene rings is 1. The number of nitrogens with zero attached hydrogens (tertiary/aromatic N) is 2. The second-order valence-corrected chi connectivity index (χ2v) is 17.0. The van der Waals surface area contributed by atoms with Crippen molar-refractivity contribution in [2.75, 3.05) is 0 Å². The molecule has 2 aliphatic carbocycles. The minimum Gasteiger partial charge on any atom is -0.257 e. The summed E-state index contributed by atoms with van der Waals surface area (Å²) in [5, 5.41) is 2.63. The van der Waals surface area contributed by atoms with Crippen LogP contribution in [0.1, 0.15) is 83.3 Å². The van der Waals surface area contributed by atoms with Crippen molar-refractivity contribution < 1.29 is 0 Å². The average molecular weight is 725 g/mol. The zero-order valence-electron chi connectivity index (χ0n) is 31.3. The van der Waals surface area contributed by atoms with Crippen LogP contribution in [-0.4, -0.2) is 11.5 Å². The summed E-state index contributed by atoms with van der Waals surface area (Å²) in [6, 6.07) is 60.9. The zero-order valence-corrected chi connectivity index (χ0v) is 32.1. The van der Waals surface area contributed by atoms with E-state index < -0.39 is 5.41 Å². The smallest absolute Gasteiger partial charge is 0.155 e. The van der Waals surface area contributed by atoms with Gasteiger partial charge in [-0.05, 0) is 74.2 Å². The first-order valence-electron chi connectivity index (χ1n) is 19.6.